The van der Waals surface area contributed by atoms with Gasteiger partial charge in [0.05, 0.1) is 0 Å². The molecule has 118 valence electrons. The van der Waals surface area contributed by atoms with Crippen LogP contribution in [0.15, 0.2) is 0 Å². The van der Waals surface area contributed by atoms with Crippen LogP contribution in [0.4, 0.5) is 0 Å². The predicted molar refractivity (Wildman–Crippen MR) is 97.1 cm³/mol. The first kappa shape index (κ1) is 144. The molecule has 0 rings (SSSR count). The standard InChI is InChI=1S/5C2H6.6CH4/c5*1-2;;;;;;/h5*1-2H3;6*1H4. The van der Waals surface area contributed by atoms with E-state index in [-0.39, 0.29) is 44.6 Å². The highest BCUT2D eigenvalue weighted by Crippen LogP contribution is 1.15. The monoisotopic (exact) mass is 246 g/mol. The molecule has 0 N–H and O–H groups in total. The van der Waals surface area contributed by atoms with Gasteiger partial charge in [0.2, 0.25) is 0 Å². The minimum atomic E-state index is 0. The molecule has 0 saturated carbocycles. The Morgan fingerprint density at radius 1 is 0.188 bits per heavy atom. The number of hydrogen-bond donors (Lipinski definition) is 0. The van der Waals surface area contributed by atoms with Gasteiger partial charge in [0.1, 0.15) is 0 Å². The quantitative estimate of drug-likeness (QED) is 0.400. The normalized spacial score (nSPS) is 1.88. The molecule has 0 heterocycles. The molecule has 0 saturated heterocycles. The molecule has 0 aromatic rings. The highest BCUT2D eigenvalue weighted by molar-refractivity contribution is 3.51. The van der Waals surface area contributed by atoms with Gasteiger partial charge in [0.15, 0.2) is 0 Å². The predicted octanol–water partition coefficient (Wildman–Crippen LogP) is 8.95. The molecular weight excluding hydrogens is 192 g/mol. The van der Waals surface area contributed by atoms with E-state index in [4.69, 9.17) is 0 Å². The fraction of sp³-hybridized carbons (Fsp3) is 1.00. The molecule has 0 heteroatoms. The van der Waals surface area contributed by atoms with Crippen molar-refractivity contribution < 1.29 is 0 Å². The van der Waals surface area contributed by atoms with Crippen molar-refractivity contribution in [1.29, 1.82) is 0 Å². The van der Waals surface area contributed by atoms with Gasteiger partial charge in [-0.2, -0.15) is 0 Å². The van der Waals surface area contributed by atoms with Crippen molar-refractivity contribution in [2.45, 2.75) is 114 Å². The lowest BCUT2D eigenvalue weighted by Gasteiger charge is -1.07. The average molecular weight is 247 g/mol. The van der Waals surface area contributed by atoms with Gasteiger partial charge in [0.25, 0.3) is 0 Å². The summed E-state index contributed by atoms with van der Waals surface area (Å²) in [6, 6.07) is 0. The Hall–Kier alpha value is 0. The molecule has 0 fully saturated rings. The summed E-state index contributed by atoms with van der Waals surface area (Å²) in [7, 11) is 0. The zero-order valence-electron chi connectivity index (χ0n) is 10.0. The van der Waals surface area contributed by atoms with Gasteiger partial charge in [-0.1, -0.05) is 114 Å². The Morgan fingerprint density at radius 2 is 0.188 bits per heavy atom. The van der Waals surface area contributed by atoms with Crippen LogP contribution in [0, 0.1) is 0 Å². The van der Waals surface area contributed by atoms with Gasteiger partial charge in [-0.15, -0.1) is 0 Å². The smallest absolute Gasteiger partial charge is 0.0683 e. The van der Waals surface area contributed by atoms with E-state index in [2.05, 4.69) is 0 Å². The summed E-state index contributed by atoms with van der Waals surface area (Å²) in [5.74, 6) is 0. The summed E-state index contributed by atoms with van der Waals surface area (Å²) in [6.07, 6.45) is 0. The lowest BCUT2D eigenvalue weighted by molar-refractivity contribution is 1.50. The zero-order valence-corrected chi connectivity index (χ0v) is 10.0. The molecule has 0 aliphatic heterocycles. The maximum Gasteiger partial charge on any atom is -0.0683 e. The molecule has 0 spiro atoms. The Balaban J connectivity index is -0.00000000198. The Labute approximate surface area is 114 Å². The van der Waals surface area contributed by atoms with Crippen molar-refractivity contribution in [3.05, 3.63) is 0 Å². The lowest BCUT2D eigenvalue weighted by Crippen LogP contribution is -0.856. The van der Waals surface area contributed by atoms with E-state index in [0.717, 1.165) is 0 Å². The fourth-order valence-corrected chi connectivity index (χ4v) is 0. The van der Waals surface area contributed by atoms with Crippen LogP contribution in [-0.4, -0.2) is 0 Å². The Kier molecular flexibility index (Phi) is 0. The summed E-state index contributed by atoms with van der Waals surface area (Å²) >= 11 is 0. The SMILES string of the molecule is C.C.C.C.C.C.CC.CC.CC.CC.CC. The summed E-state index contributed by atoms with van der Waals surface area (Å²) < 4.78 is 0. The van der Waals surface area contributed by atoms with E-state index < -0.39 is 0 Å². The van der Waals surface area contributed by atoms with E-state index in [9.17, 15) is 0 Å². The minimum Gasteiger partial charge on any atom is -0.0776 e. The molecule has 0 nitrogen and oxygen atoms in total. The van der Waals surface area contributed by atoms with Gasteiger partial charge >= 0.3 is 0 Å². The van der Waals surface area contributed by atoms with Crippen LogP contribution in [0.3, 0.4) is 0 Å². The first-order valence-electron chi connectivity index (χ1n) is 5.00. The van der Waals surface area contributed by atoms with E-state index >= 15 is 0 Å². The average Bonchev–Trinajstić information content (AvgIpc) is 2.20. The van der Waals surface area contributed by atoms with Crippen molar-refractivity contribution in [2.75, 3.05) is 0 Å². The van der Waals surface area contributed by atoms with Gasteiger partial charge in [-0.05, 0) is 0 Å². The molecule has 0 aliphatic carbocycles. The highest BCUT2D eigenvalue weighted by Gasteiger charge is 0.940. The van der Waals surface area contributed by atoms with Crippen molar-refractivity contribution in [1.82, 2.24) is 0 Å². The molecule has 0 aromatic heterocycles. The summed E-state index contributed by atoms with van der Waals surface area (Å²) in [5, 5.41) is 0. The molecular formula is C16H54. The van der Waals surface area contributed by atoms with Gasteiger partial charge < -0.3 is 0 Å². The van der Waals surface area contributed by atoms with Crippen molar-refractivity contribution in [3.8, 4) is 0 Å². The number of rotatable bonds is 0. The second kappa shape index (κ2) is 0. The maximum atomic E-state index is 2.00. The molecule has 0 radical (unpaired) electrons. The lowest BCUT2D eigenvalue weighted by atomic mass is 11.0. The van der Waals surface area contributed by atoms with Gasteiger partial charge in [-0.25, -0.2) is 0 Å². The molecule has 0 aromatic carbocycles. The van der Waals surface area contributed by atoms with E-state index in [0.29, 0.717) is 0 Å². The van der Waals surface area contributed by atoms with E-state index in [1.165, 1.54) is 0 Å². The van der Waals surface area contributed by atoms with Crippen LogP contribution in [0.1, 0.15) is 114 Å². The number of hydrogen-bond acceptors (Lipinski definition) is 0. The van der Waals surface area contributed by atoms with Crippen LogP contribution in [0.25, 0.3) is 0 Å². The van der Waals surface area contributed by atoms with Crippen LogP contribution >= 0.6 is 0 Å². The summed E-state index contributed by atoms with van der Waals surface area (Å²) in [4.78, 5) is 0. The topological polar surface area (TPSA) is 0 Å². The van der Waals surface area contributed by atoms with Crippen LogP contribution in [-0.2, 0) is 0 Å². The molecule has 0 amide bonds. The molecule has 0 bridgehead atoms. The van der Waals surface area contributed by atoms with Crippen molar-refractivity contribution in [3.63, 3.8) is 0 Å². The van der Waals surface area contributed by atoms with Crippen molar-refractivity contribution >= 4 is 0 Å². The highest BCUT2D eigenvalue weighted by atomic mass is 13.0. The Bertz CT molecular complexity index is 0. The molecule has 16 heavy (non-hydrogen) atoms. The second-order valence-electron chi connectivity index (χ2n) is 0. The zero-order chi connectivity index (χ0) is 10.0. The van der Waals surface area contributed by atoms with Crippen LogP contribution in [0.2, 0.25) is 0 Å². The van der Waals surface area contributed by atoms with Crippen molar-refractivity contribution in [2.24, 2.45) is 0 Å². The van der Waals surface area contributed by atoms with E-state index in [1.807, 2.05) is 69.2 Å². The third-order valence-corrected chi connectivity index (χ3v) is 0. The first-order valence-corrected chi connectivity index (χ1v) is 5.00. The minimum absolute atomic E-state index is 0. The van der Waals surface area contributed by atoms with Crippen LogP contribution < -0.4 is 0 Å². The molecule has 0 atom stereocenters. The summed E-state index contributed by atoms with van der Waals surface area (Å²) in [6.45, 7) is 20.0. The summed E-state index contributed by atoms with van der Waals surface area (Å²) in [5.41, 5.74) is 0. The van der Waals surface area contributed by atoms with Gasteiger partial charge in [0, 0.05) is 0 Å². The largest absolute Gasteiger partial charge is 0.0776 e. The Morgan fingerprint density at radius 3 is 0.188 bits per heavy atom. The van der Waals surface area contributed by atoms with Crippen LogP contribution in [0.5, 0.6) is 0 Å². The third-order valence-electron chi connectivity index (χ3n) is 0. The molecule has 0 unspecified atom stereocenters. The van der Waals surface area contributed by atoms with E-state index in [1.54, 1.807) is 0 Å². The maximum absolute atomic E-state index is 2.00. The first-order chi connectivity index (χ1) is 5.00. The molecule has 0 aliphatic rings. The third kappa shape index (κ3) is 0. The fourth-order valence-electron chi connectivity index (χ4n) is 0. The van der Waals surface area contributed by atoms with Gasteiger partial charge in [-0.3, -0.25) is 0 Å². The second-order valence-corrected chi connectivity index (χ2v) is 0.